The maximum absolute atomic E-state index is 12.7. The lowest BCUT2D eigenvalue weighted by atomic mass is 10.00. The van der Waals surface area contributed by atoms with Crippen molar-refractivity contribution in [3.8, 4) is 17.2 Å². The lowest BCUT2D eigenvalue weighted by Gasteiger charge is -2.14. The van der Waals surface area contributed by atoms with Gasteiger partial charge in [0.05, 0.1) is 25.2 Å². The zero-order valence-electron chi connectivity index (χ0n) is 14.8. The van der Waals surface area contributed by atoms with Gasteiger partial charge in [0.25, 0.3) is 0 Å². The molecule has 0 saturated carbocycles. The van der Waals surface area contributed by atoms with E-state index in [9.17, 15) is 8.42 Å². The number of nitrogens with one attached hydrogen (secondary N) is 1. The largest absolute Gasteiger partial charge is 0.496 e. The molecule has 2 heterocycles. The zero-order valence-corrected chi connectivity index (χ0v) is 15.6. The summed E-state index contributed by atoms with van der Waals surface area (Å²) in [5, 5.41) is 0. The van der Waals surface area contributed by atoms with Crippen LogP contribution in [0.2, 0.25) is 0 Å². The second-order valence-electron chi connectivity index (χ2n) is 6.47. The van der Waals surface area contributed by atoms with Gasteiger partial charge in [-0.1, -0.05) is 0 Å². The fourth-order valence-electron chi connectivity index (χ4n) is 3.54. The quantitative estimate of drug-likeness (QED) is 0.868. The minimum absolute atomic E-state index is 0.183. The molecule has 26 heavy (non-hydrogen) atoms. The van der Waals surface area contributed by atoms with Gasteiger partial charge in [0.1, 0.15) is 17.2 Å². The fraction of sp³-hybridized carbons (Fsp3) is 0.368. The van der Waals surface area contributed by atoms with Gasteiger partial charge in [-0.2, -0.15) is 0 Å². The monoisotopic (exact) mass is 375 g/mol. The van der Waals surface area contributed by atoms with Crippen LogP contribution in [0, 0.1) is 6.92 Å². The van der Waals surface area contributed by atoms with E-state index in [1.807, 2.05) is 13.0 Å². The standard InChI is InChI=1S/C19H21NO5S/c1-12-9-14(3-4-17(12)23-2)26(21,22)20-11-16-15-6-8-24-18(15)10-13-5-7-25-19(13)16/h3-4,9-10,20H,5-8,11H2,1-2H3. The predicted molar refractivity (Wildman–Crippen MR) is 96.6 cm³/mol. The number of fused-ring (bicyclic) bond motifs is 2. The Labute approximate surface area is 153 Å². The fourth-order valence-corrected chi connectivity index (χ4v) is 4.62. The molecule has 6 nitrogen and oxygen atoms in total. The van der Waals surface area contributed by atoms with Crippen LogP contribution in [0.5, 0.6) is 17.2 Å². The molecule has 0 saturated heterocycles. The first-order chi connectivity index (χ1) is 12.5. The number of methoxy groups -OCH3 is 1. The normalized spacial score (nSPS) is 15.2. The summed E-state index contributed by atoms with van der Waals surface area (Å²) in [4.78, 5) is 0.220. The van der Waals surface area contributed by atoms with Crippen LogP contribution in [0.4, 0.5) is 0 Å². The van der Waals surface area contributed by atoms with Crippen LogP contribution in [-0.2, 0) is 29.4 Å². The Morgan fingerprint density at radius 1 is 1.15 bits per heavy atom. The number of hydrogen-bond donors (Lipinski definition) is 1. The van der Waals surface area contributed by atoms with Crippen molar-refractivity contribution < 1.29 is 22.6 Å². The first-order valence-corrected chi connectivity index (χ1v) is 10.1. The lowest BCUT2D eigenvalue weighted by molar-refractivity contribution is 0.352. The smallest absolute Gasteiger partial charge is 0.240 e. The molecule has 2 aromatic carbocycles. The van der Waals surface area contributed by atoms with Crippen molar-refractivity contribution in [2.75, 3.05) is 20.3 Å². The van der Waals surface area contributed by atoms with Crippen LogP contribution in [0.3, 0.4) is 0 Å². The summed E-state index contributed by atoms with van der Waals surface area (Å²) in [6.45, 7) is 3.24. The van der Waals surface area contributed by atoms with Gasteiger partial charge < -0.3 is 14.2 Å². The number of benzene rings is 2. The molecule has 138 valence electrons. The van der Waals surface area contributed by atoms with Crippen molar-refractivity contribution in [2.45, 2.75) is 31.2 Å². The molecule has 2 aliphatic rings. The summed E-state index contributed by atoms with van der Waals surface area (Å²) in [5.41, 5.74) is 3.79. The lowest BCUT2D eigenvalue weighted by Crippen LogP contribution is -2.24. The van der Waals surface area contributed by atoms with Crippen LogP contribution in [-0.4, -0.2) is 28.7 Å². The molecular weight excluding hydrogens is 354 g/mol. The number of aryl methyl sites for hydroxylation is 1. The third kappa shape index (κ3) is 2.91. The van der Waals surface area contributed by atoms with Crippen LogP contribution >= 0.6 is 0 Å². The van der Waals surface area contributed by atoms with E-state index in [0.29, 0.717) is 19.0 Å². The van der Waals surface area contributed by atoms with Gasteiger partial charge in [-0.25, -0.2) is 13.1 Å². The summed E-state index contributed by atoms with van der Waals surface area (Å²) < 4.78 is 44.8. The molecule has 2 aliphatic heterocycles. The molecule has 0 unspecified atom stereocenters. The molecular formula is C19H21NO5S. The van der Waals surface area contributed by atoms with Crippen LogP contribution in [0.15, 0.2) is 29.2 Å². The number of sulfonamides is 1. The van der Waals surface area contributed by atoms with Gasteiger partial charge >= 0.3 is 0 Å². The highest BCUT2D eigenvalue weighted by Crippen LogP contribution is 2.40. The summed E-state index contributed by atoms with van der Waals surface area (Å²) in [6.07, 6.45) is 1.59. The van der Waals surface area contributed by atoms with Gasteiger partial charge in [0, 0.05) is 36.1 Å². The number of hydrogen-bond acceptors (Lipinski definition) is 5. The van der Waals surface area contributed by atoms with Crippen molar-refractivity contribution in [3.63, 3.8) is 0 Å². The highest BCUT2D eigenvalue weighted by molar-refractivity contribution is 7.89. The minimum atomic E-state index is -3.64. The SMILES string of the molecule is COc1ccc(S(=O)(=O)NCc2c3c(cc4c2OCC4)OCC3)cc1C. The molecule has 0 spiro atoms. The van der Waals surface area contributed by atoms with Crippen molar-refractivity contribution in [2.24, 2.45) is 0 Å². The molecule has 0 radical (unpaired) electrons. The summed E-state index contributed by atoms with van der Waals surface area (Å²) >= 11 is 0. The molecule has 2 aromatic rings. The Hall–Kier alpha value is -2.25. The van der Waals surface area contributed by atoms with Crippen LogP contribution in [0.1, 0.15) is 22.3 Å². The van der Waals surface area contributed by atoms with E-state index in [1.54, 1.807) is 25.3 Å². The van der Waals surface area contributed by atoms with E-state index < -0.39 is 10.0 Å². The van der Waals surface area contributed by atoms with E-state index in [0.717, 1.165) is 46.6 Å². The molecule has 0 bridgehead atoms. The average Bonchev–Trinajstić information content (AvgIpc) is 3.27. The van der Waals surface area contributed by atoms with Gasteiger partial charge in [0.15, 0.2) is 0 Å². The van der Waals surface area contributed by atoms with Crippen molar-refractivity contribution in [1.29, 1.82) is 0 Å². The third-order valence-electron chi connectivity index (χ3n) is 4.88. The molecule has 0 atom stereocenters. The van der Waals surface area contributed by atoms with Gasteiger partial charge in [-0.05, 0) is 36.8 Å². The zero-order chi connectivity index (χ0) is 18.3. The van der Waals surface area contributed by atoms with E-state index in [4.69, 9.17) is 14.2 Å². The Morgan fingerprint density at radius 3 is 2.73 bits per heavy atom. The summed E-state index contributed by atoms with van der Waals surface area (Å²) in [7, 11) is -2.08. The van der Waals surface area contributed by atoms with Crippen LogP contribution in [0.25, 0.3) is 0 Å². The number of rotatable bonds is 5. The number of ether oxygens (including phenoxy) is 3. The molecule has 0 aromatic heterocycles. The van der Waals surface area contributed by atoms with E-state index >= 15 is 0 Å². The Morgan fingerprint density at radius 2 is 1.96 bits per heavy atom. The minimum Gasteiger partial charge on any atom is -0.496 e. The molecule has 0 aliphatic carbocycles. The maximum Gasteiger partial charge on any atom is 0.240 e. The summed E-state index contributed by atoms with van der Waals surface area (Å²) in [5.74, 6) is 2.32. The highest BCUT2D eigenvalue weighted by Gasteiger charge is 2.27. The highest BCUT2D eigenvalue weighted by atomic mass is 32.2. The van der Waals surface area contributed by atoms with Crippen molar-refractivity contribution >= 4 is 10.0 Å². The van der Waals surface area contributed by atoms with Crippen molar-refractivity contribution in [3.05, 3.63) is 46.5 Å². The topological polar surface area (TPSA) is 73.9 Å². The Balaban J connectivity index is 1.62. The molecule has 7 heteroatoms. The summed E-state index contributed by atoms with van der Waals surface area (Å²) in [6, 6.07) is 6.85. The second kappa shape index (κ2) is 6.48. The predicted octanol–water partition coefficient (Wildman–Crippen LogP) is 2.35. The second-order valence-corrected chi connectivity index (χ2v) is 8.24. The van der Waals surface area contributed by atoms with Crippen molar-refractivity contribution in [1.82, 2.24) is 4.72 Å². The van der Waals surface area contributed by atoms with E-state index in [-0.39, 0.29) is 11.4 Å². The molecule has 4 rings (SSSR count). The Bertz CT molecular complexity index is 936. The van der Waals surface area contributed by atoms with E-state index in [2.05, 4.69) is 4.72 Å². The van der Waals surface area contributed by atoms with Gasteiger partial charge in [-0.15, -0.1) is 0 Å². The van der Waals surface area contributed by atoms with Gasteiger partial charge in [0.2, 0.25) is 10.0 Å². The average molecular weight is 375 g/mol. The van der Waals surface area contributed by atoms with Crippen LogP contribution < -0.4 is 18.9 Å². The van der Waals surface area contributed by atoms with E-state index in [1.165, 1.54) is 0 Å². The molecule has 0 amide bonds. The first kappa shape index (κ1) is 17.2. The molecule has 0 fully saturated rings. The maximum atomic E-state index is 12.7. The Kier molecular flexibility index (Phi) is 4.28. The first-order valence-electron chi connectivity index (χ1n) is 8.57. The third-order valence-corrected chi connectivity index (χ3v) is 6.27. The molecule has 1 N–H and O–H groups in total. The van der Waals surface area contributed by atoms with Gasteiger partial charge in [-0.3, -0.25) is 0 Å².